The number of nitrogens with zero attached hydrogens (tertiary/aromatic N) is 2. The van der Waals surface area contributed by atoms with Gasteiger partial charge in [-0.05, 0) is 0 Å². The van der Waals surface area contributed by atoms with E-state index in [2.05, 4.69) is 17.1 Å². The van der Waals surface area contributed by atoms with Crippen LogP contribution in [0.4, 0.5) is 0 Å². The Bertz CT molecular complexity index is 365. The molecular formula is C9H12N4O2. The number of rotatable bonds is 3. The molecule has 0 aromatic heterocycles. The molecule has 0 spiro atoms. The highest BCUT2D eigenvalue weighted by molar-refractivity contribution is 6.14. The van der Waals surface area contributed by atoms with E-state index in [-0.39, 0.29) is 11.8 Å². The number of carbonyl (C=O) groups is 2. The number of carbonyl (C=O) groups excluding carboxylic acids is 2. The van der Waals surface area contributed by atoms with Crippen LogP contribution in [0.1, 0.15) is 0 Å². The van der Waals surface area contributed by atoms with E-state index in [1.807, 2.05) is 0 Å². The molecule has 1 saturated heterocycles. The molecule has 0 aromatic carbocycles. The van der Waals surface area contributed by atoms with Gasteiger partial charge in [0, 0.05) is 19.3 Å². The highest BCUT2D eigenvalue weighted by Crippen LogP contribution is 2.30. The van der Waals surface area contributed by atoms with Crippen molar-refractivity contribution in [1.82, 2.24) is 10.3 Å². The largest absolute Gasteiger partial charge is 0.367 e. The summed E-state index contributed by atoms with van der Waals surface area (Å²) in [6.45, 7) is 4.42. The molecule has 2 amide bonds. The lowest BCUT2D eigenvalue weighted by Crippen LogP contribution is -2.60. The van der Waals surface area contributed by atoms with Gasteiger partial charge in [0.1, 0.15) is 0 Å². The lowest BCUT2D eigenvalue weighted by Gasteiger charge is -2.22. The molecule has 1 fully saturated rings. The monoisotopic (exact) mass is 208 g/mol. The van der Waals surface area contributed by atoms with Crippen molar-refractivity contribution in [2.45, 2.75) is 5.54 Å². The molecule has 6 heteroatoms. The summed E-state index contributed by atoms with van der Waals surface area (Å²) >= 11 is 0. The molecule has 2 aliphatic rings. The number of fused-ring (bicyclic) bond motifs is 1. The third-order valence-corrected chi connectivity index (χ3v) is 2.83. The van der Waals surface area contributed by atoms with Gasteiger partial charge in [0.25, 0.3) is 11.8 Å². The smallest absolute Gasteiger partial charge is 0.260 e. The maximum absolute atomic E-state index is 12.0. The molecule has 0 unspecified atom stereocenters. The minimum absolute atomic E-state index is 0.276. The zero-order valence-corrected chi connectivity index (χ0v) is 8.14. The van der Waals surface area contributed by atoms with Crippen LogP contribution in [0.3, 0.4) is 0 Å². The summed E-state index contributed by atoms with van der Waals surface area (Å²) in [7, 11) is 0. The Hall–Kier alpha value is -1.85. The number of nitrogens with one attached hydrogen (secondary N) is 1. The van der Waals surface area contributed by atoms with Crippen molar-refractivity contribution in [3.05, 3.63) is 12.7 Å². The van der Waals surface area contributed by atoms with Crippen molar-refractivity contribution in [3.63, 3.8) is 0 Å². The third-order valence-electron chi connectivity index (χ3n) is 2.83. The number of nitrogens with two attached hydrogens (primary N) is 1. The van der Waals surface area contributed by atoms with E-state index in [1.54, 1.807) is 17.2 Å². The van der Waals surface area contributed by atoms with Crippen LogP contribution in [0.2, 0.25) is 0 Å². The highest BCUT2D eigenvalue weighted by atomic mass is 16.2. The van der Waals surface area contributed by atoms with Crippen LogP contribution in [0.15, 0.2) is 17.8 Å². The number of hydrogen-bond acceptors (Lipinski definition) is 4. The van der Waals surface area contributed by atoms with E-state index in [0.29, 0.717) is 13.1 Å². The van der Waals surface area contributed by atoms with Crippen LogP contribution < -0.4 is 11.2 Å². The first-order valence-electron chi connectivity index (χ1n) is 4.63. The van der Waals surface area contributed by atoms with Gasteiger partial charge < -0.3 is 10.6 Å². The van der Waals surface area contributed by atoms with Gasteiger partial charge in [0.2, 0.25) is 5.54 Å². The predicted molar refractivity (Wildman–Crippen MR) is 53.8 cm³/mol. The van der Waals surface area contributed by atoms with Crippen molar-refractivity contribution in [2.75, 3.05) is 13.1 Å². The second kappa shape index (κ2) is 3.08. The molecule has 80 valence electrons. The number of likely N-dealkylation sites (tertiary alicyclic amines) is 1. The number of hydrogen-bond donors (Lipinski definition) is 2. The minimum Gasteiger partial charge on any atom is -0.367 e. The maximum atomic E-state index is 12.0. The first-order chi connectivity index (χ1) is 7.13. The zero-order valence-electron chi connectivity index (χ0n) is 8.14. The molecule has 3 N–H and O–H groups in total. The Morgan fingerprint density at radius 3 is 3.20 bits per heavy atom. The van der Waals surface area contributed by atoms with Gasteiger partial charge in [-0.25, -0.2) is 0 Å². The summed E-state index contributed by atoms with van der Waals surface area (Å²) in [4.78, 5) is 24.9. The van der Waals surface area contributed by atoms with Gasteiger partial charge >= 0.3 is 0 Å². The minimum atomic E-state index is -1.36. The molecular weight excluding hydrogens is 196 g/mol. The second-order valence-electron chi connectivity index (χ2n) is 3.67. The van der Waals surface area contributed by atoms with Crippen molar-refractivity contribution < 1.29 is 9.59 Å². The average molecular weight is 208 g/mol. The second-order valence-corrected chi connectivity index (χ2v) is 3.67. The molecule has 0 saturated carbocycles. The first kappa shape index (κ1) is 9.70. The summed E-state index contributed by atoms with van der Waals surface area (Å²) in [5.41, 5.74) is 6.45. The molecule has 0 radical (unpaired) electrons. The van der Waals surface area contributed by atoms with Gasteiger partial charge in [0.05, 0.1) is 5.92 Å². The molecule has 6 nitrogen and oxygen atoms in total. The van der Waals surface area contributed by atoms with Gasteiger partial charge in [0.15, 0.2) is 0 Å². The lowest BCUT2D eigenvalue weighted by molar-refractivity contribution is -0.139. The molecule has 0 bridgehead atoms. The fraction of sp³-hybridized carbons (Fsp3) is 0.444. The van der Waals surface area contributed by atoms with Crippen LogP contribution in [-0.4, -0.2) is 41.6 Å². The summed E-state index contributed by atoms with van der Waals surface area (Å²) in [5, 5.41) is 3.76. The summed E-state index contributed by atoms with van der Waals surface area (Å²) in [6.07, 6.45) is 3.18. The van der Waals surface area contributed by atoms with Crippen molar-refractivity contribution in [2.24, 2.45) is 16.8 Å². The Labute approximate surface area is 86.8 Å². The molecule has 2 heterocycles. The number of hydrazone groups is 1. The zero-order chi connectivity index (χ0) is 11.1. The highest BCUT2D eigenvalue weighted by Gasteiger charge is 2.60. The Morgan fingerprint density at radius 2 is 2.67 bits per heavy atom. The standard InChI is InChI=1S/C9H12N4O2/c1-2-3-13-5-6-4-11-12-9(6,7(10)14)8(13)15/h2,4,6,12H,1,3,5H2,(H2,10,14)/t6-,9-/m0/s1. The van der Waals surface area contributed by atoms with Crippen LogP contribution in [0, 0.1) is 5.92 Å². The molecule has 0 aromatic rings. The normalized spacial score (nSPS) is 32.7. The van der Waals surface area contributed by atoms with E-state index in [1.165, 1.54) is 0 Å². The third kappa shape index (κ3) is 1.07. The van der Waals surface area contributed by atoms with Crippen LogP contribution in [0.25, 0.3) is 0 Å². The topological polar surface area (TPSA) is 87.8 Å². The van der Waals surface area contributed by atoms with Crippen molar-refractivity contribution >= 4 is 18.0 Å². The molecule has 0 aliphatic carbocycles. The summed E-state index contributed by atoms with van der Waals surface area (Å²) in [6, 6.07) is 0. The maximum Gasteiger partial charge on any atom is 0.260 e. The lowest BCUT2D eigenvalue weighted by atomic mass is 9.88. The summed E-state index contributed by atoms with van der Waals surface area (Å²) in [5.74, 6) is -1.28. The molecule has 15 heavy (non-hydrogen) atoms. The van der Waals surface area contributed by atoms with Gasteiger partial charge in [-0.3, -0.25) is 15.0 Å². The Balaban J connectivity index is 2.33. The number of amides is 2. The van der Waals surface area contributed by atoms with Gasteiger partial charge in [-0.1, -0.05) is 6.08 Å². The molecule has 2 aliphatic heterocycles. The van der Waals surface area contributed by atoms with Crippen molar-refractivity contribution in [1.29, 1.82) is 0 Å². The van der Waals surface area contributed by atoms with Crippen LogP contribution in [0.5, 0.6) is 0 Å². The van der Waals surface area contributed by atoms with E-state index < -0.39 is 11.4 Å². The van der Waals surface area contributed by atoms with Crippen molar-refractivity contribution in [3.8, 4) is 0 Å². The fourth-order valence-corrected chi connectivity index (χ4v) is 2.04. The van der Waals surface area contributed by atoms with E-state index in [4.69, 9.17) is 5.73 Å². The van der Waals surface area contributed by atoms with Crippen LogP contribution in [-0.2, 0) is 9.59 Å². The van der Waals surface area contributed by atoms with Gasteiger partial charge in [-0.2, -0.15) is 5.10 Å². The van der Waals surface area contributed by atoms with E-state index in [9.17, 15) is 9.59 Å². The predicted octanol–water partition coefficient (Wildman–Crippen LogP) is -1.56. The quantitative estimate of drug-likeness (QED) is 0.434. The summed E-state index contributed by atoms with van der Waals surface area (Å²) < 4.78 is 0. The van der Waals surface area contributed by atoms with Crippen LogP contribution >= 0.6 is 0 Å². The van der Waals surface area contributed by atoms with E-state index in [0.717, 1.165) is 0 Å². The first-order valence-corrected chi connectivity index (χ1v) is 4.63. The fourth-order valence-electron chi connectivity index (χ4n) is 2.04. The Kier molecular flexibility index (Phi) is 1.99. The SMILES string of the molecule is C=CCN1C[C@@H]2C=NN[C@@]2(C(N)=O)C1=O. The average Bonchev–Trinajstić information content (AvgIpc) is 2.69. The van der Waals surface area contributed by atoms with Gasteiger partial charge in [-0.15, -0.1) is 6.58 Å². The van der Waals surface area contributed by atoms with E-state index >= 15 is 0 Å². The molecule has 2 rings (SSSR count). The number of primary amides is 1. The molecule has 2 atom stereocenters. The Morgan fingerprint density at radius 1 is 1.93 bits per heavy atom.